The number of carbonyl (C=O) groups is 1. The first-order valence-electron chi connectivity index (χ1n) is 14.4. The largest absolute Gasteiger partial charge is 0.461 e. The molecule has 0 aromatic carbocycles. The summed E-state index contributed by atoms with van der Waals surface area (Å²) in [6.07, 6.45) is 16.1. The van der Waals surface area contributed by atoms with E-state index in [1.165, 1.54) is 70.6 Å². The van der Waals surface area contributed by atoms with Crippen LogP contribution in [-0.4, -0.2) is 17.5 Å². The van der Waals surface area contributed by atoms with Gasteiger partial charge in [-0.25, -0.2) is 0 Å². The zero-order chi connectivity index (χ0) is 24.0. The smallest absolute Gasteiger partial charge is 0.324 e. The van der Waals surface area contributed by atoms with Crippen molar-refractivity contribution < 1.29 is 9.53 Å². The average molecular weight is 479 g/mol. The molecule has 4 aliphatic carbocycles. The number of carbonyl (C=O) groups excluding carboxylic acids is 1. The molecular weight excluding hydrogens is 428 g/mol. The van der Waals surface area contributed by atoms with Gasteiger partial charge in [-0.05, 0) is 112 Å². The number of ether oxygens (including phenoxy) is 1. The summed E-state index contributed by atoms with van der Waals surface area (Å²) >= 11 is 6.12. The van der Waals surface area contributed by atoms with Gasteiger partial charge in [0.1, 0.15) is 11.5 Å². The van der Waals surface area contributed by atoms with Gasteiger partial charge < -0.3 is 4.74 Å². The number of esters is 1. The van der Waals surface area contributed by atoms with Gasteiger partial charge in [0.25, 0.3) is 0 Å². The molecule has 190 valence electrons. The Balaban J connectivity index is 1.51. The first kappa shape index (κ1) is 25.8. The fraction of sp³-hybridized carbons (Fsp3) is 0.967. The molecule has 2 nitrogen and oxygen atoms in total. The van der Waals surface area contributed by atoms with Crippen LogP contribution in [-0.2, 0) is 9.53 Å². The fourth-order valence-electron chi connectivity index (χ4n) is 9.73. The molecule has 0 aliphatic heterocycles. The summed E-state index contributed by atoms with van der Waals surface area (Å²) in [7, 11) is 0. The van der Waals surface area contributed by atoms with E-state index >= 15 is 0 Å². The molecule has 3 heteroatoms. The Kier molecular flexibility index (Phi) is 7.85. The van der Waals surface area contributed by atoms with Gasteiger partial charge in [0, 0.05) is 5.41 Å². The fourth-order valence-corrected chi connectivity index (χ4v) is 9.78. The molecule has 0 spiro atoms. The third-order valence-electron chi connectivity index (χ3n) is 11.5. The topological polar surface area (TPSA) is 26.3 Å². The molecule has 0 saturated heterocycles. The molecule has 0 aromatic heterocycles. The Morgan fingerprint density at radius 2 is 1.70 bits per heavy atom. The lowest BCUT2D eigenvalue weighted by Gasteiger charge is -2.62. The van der Waals surface area contributed by atoms with Crippen LogP contribution in [0.15, 0.2) is 0 Å². The number of hydrogen-bond donors (Lipinski definition) is 0. The van der Waals surface area contributed by atoms with Crippen LogP contribution in [0.3, 0.4) is 0 Å². The molecule has 33 heavy (non-hydrogen) atoms. The molecule has 0 amide bonds. The first-order chi connectivity index (χ1) is 15.6. The van der Waals surface area contributed by atoms with Crippen LogP contribution in [0.1, 0.15) is 119 Å². The van der Waals surface area contributed by atoms with Gasteiger partial charge in [-0.2, -0.15) is 0 Å². The van der Waals surface area contributed by atoms with E-state index in [1.54, 1.807) is 6.92 Å². The van der Waals surface area contributed by atoms with Crippen molar-refractivity contribution in [1.82, 2.24) is 0 Å². The molecular formula is C30H51ClO2. The Labute approximate surface area is 209 Å². The molecule has 0 N–H and O–H groups in total. The van der Waals surface area contributed by atoms with Crippen LogP contribution in [0.2, 0.25) is 0 Å². The van der Waals surface area contributed by atoms with Gasteiger partial charge >= 0.3 is 5.97 Å². The van der Waals surface area contributed by atoms with Crippen molar-refractivity contribution in [3.63, 3.8) is 0 Å². The van der Waals surface area contributed by atoms with Gasteiger partial charge in [0.05, 0.1) is 0 Å². The molecule has 0 aromatic rings. The minimum atomic E-state index is -0.546. The highest BCUT2D eigenvalue weighted by atomic mass is 35.5. The third-order valence-corrected chi connectivity index (χ3v) is 11.6. The average Bonchev–Trinajstić information content (AvgIpc) is 3.11. The predicted octanol–water partition coefficient (Wildman–Crippen LogP) is 8.65. The summed E-state index contributed by atoms with van der Waals surface area (Å²) in [4.78, 5) is 12.5. The summed E-state index contributed by atoms with van der Waals surface area (Å²) in [5, 5.41) is -0.546. The van der Waals surface area contributed by atoms with E-state index in [0.29, 0.717) is 17.3 Å². The first-order valence-corrected chi connectivity index (χ1v) is 14.9. The molecule has 0 radical (unpaired) electrons. The van der Waals surface area contributed by atoms with Crippen molar-refractivity contribution in [3.05, 3.63) is 0 Å². The highest BCUT2D eigenvalue weighted by Crippen LogP contribution is 2.68. The lowest BCUT2D eigenvalue weighted by Crippen LogP contribution is -2.58. The zero-order valence-electron chi connectivity index (χ0n) is 22.4. The van der Waals surface area contributed by atoms with Crippen molar-refractivity contribution in [3.8, 4) is 0 Å². The number of halogens is 1. The summed E-state index contributed by atoms with van der Waals surface area (Å²) in [6.45, 7) is 14.2. The third kappa shape index (κ3) is 4.65. The second-order valence-electron chi connectivity index (χ2n) is 13.5. The number of fused-ring (bicyclic) bond motifs is 5. The monoisotopic (exact) mass is 478 g/mol. The molecule has 4 saturated carbocycles. The molecule has 4 fully saturated rings. The SMILES string of the molecule is CC(C)CCC[C@H](C)[C@@H]1CC[C@H]2[C@H]3CC[C@H]4CCCC(OC(=O)C(C)Cl)[C@]4(C)[C@H]3CC[C@@]21C. The van der Waals surface area contributed by atoms with Gasteiger partial charge in [-0.1, -0.05) is 53.9 Å². The molecule has 4 rings (SSSR count). The Hall–Kier alpha value is -0.240. The second kappa shape index (κ2) is 10.0. The lowest BCUT2D eigenvalue weighted by molar-refractivity contribution is -0.191. The molecule has 2 unspecified atom stereocenters. The molecule has 4 aliphatic rings. The number of hydrogen-bond acceptors (Lipinski definition) is 2. The maximum Gasteiger partial charge on any atom is 0.324 e. The minimum absolute atomic E-state index is 0.0641. The van der Waals surface area contributed by atoms with E-state index < -0.39 is 5.38 Å². The van der Waals surface area contributed by atoms with Gasteiger partial charge in [-0.15, -0.1) is 11.6 Å². The molecule has 0 bridgehead atoms. The lowest BCUT2D eigenvalue weighted by atomic mass is 9.44. The Morgan fingerprint density at radius 1 is 0.939 bits per heavy atom. The van der Waals surface area contributed by atoms with Crippen LogP contribution in [0.25, 0.3) is 0 Å². The van der Waals surface area contributed by atoms with Crippen LogP contribution < -0.4 is 0 Å². The Morgan fingerprint density at radius 3 is 2.39 bits per heavy atom. The number of rotatable bonds is 7. The highest BCUT2D eigenvalue weighted by molar-refractivity contribution is 6.29. The van der Waals surface area contributed by atoms with Gasteiger partial charge in [0.15, 0.2) is 0 Å². The van der Waals surface area contributed by atoms with Crippen molar-refractivity contribution in [2.24, 2.45) is 52.3 Å². The van der Waals surface area contributed by atoms with E-state index in [4.69, 9.17) is 16.3 Å². The maximum atomic E-state index is 12.5. The molecule has 10 atom stereocenters. The van der Waals surface area contributed by atoms with Crippen molar-refractivity contribution in [2.45, 2.75) is 130 Å². The van der Waals surface area contributed by atoms with E-state index in [9.17, 15) is 4.79 Å². The molecule has 0 heterocycles. The van der Waals surface area contributed by atoms with E-state index in [1.807, 2.05) is 0 Å². The van der Waals surface area contributed by atoms with Crippen molar-refractivity contribution >= 4 is 17.6 Å². The normalized spacial score (nSPS) is 44.5. The maximum absolute atomic E-state index is 12.5. The van der Waals surface area contributed by atoms with Crippen LogP contribution in [0.5, 0.6) is 0 Å². The van der Waals surface area contributed by atoms with Crippen LogP contribution in [0, 0.1) is 52.3 Å². The Bertz CT molecular complexity index is 689. The zero-order valence-corrected chi connectivity index (χ0v) is 23.1. The second-order valence-corrected chi connectivity index (χ2v) is 14.2. The summed E-state index contributed by atoms with van der Waals surface area (Å²) in [5.74, 6) is 5.51. The van der Waals surface area contributed by atoms with E-state index in [2.05, 4.69) is 34.6 Å². The van der Waals surface area contributed by atoms with E-state index in [0.717, 1.165) is 36.0 Å². The van der Waals surface area contributed by atoms with Gasteiger partial charge in [-0.3, -0.25) is 4.79 Å². The van der Waals surface area contributed by atoms with Crippen molar-refractivity contribution in [2.75, 3.05) is 0 Å². The van der Waals surface area contributed by atoms with Gasteiger partial charge in [0.2, 0.25) is 0 Å². The van der Waals surface area contributed by atoms with E-state index in [-0.39, 0.29) is 17.5 Å². The highest BCUT2D eigenvalue weighted by Gasteiger charge is 2.62. The van der Waals surface area contributed by atoms with Crippen molar-refractivity contribution in [1.29, 1.82) is 0 Å². The standard InChI is InChI=1S/C30H51ClO2/c1-19(2)9-7-10-20(3)24-15-16-25-23-14-13-22-11-8-12-27(33-28(32)21(4)31)30(22,6)26(23)17-18-29(24,25)5/h19-27H,7-18H2,1-6H3/t20-,21?,22+,23+,24-,25-,26-,27?,29+,30-/m0/s1. The predicted molar refractivity (Wildman–Crippen MR) is 138 cm³/mol. The summed E-state index contributed by atoms with van der Waals surface area (Å²) in [6, 6.07) is 0. The minimum Gasteiger partial charge on any atom is -0.461 e. The summed E-state index contributed by atoms with van der Waals surface area (Å²) < 4.78 is 6.16. The quantitative estimate of drug-likeness (QED) is 0.270. The summed E-state index contributed by atoms with van der Waals surface area (Å²) in [5.41, 5.74) is 0.665. The van der Waals surface area contributed by atoms with Crippen LogP contribution >= 0.6 is 11.6 Å². The van der Waals surface area contributed by atoms with Crippen LogP contribution in [0.4, 0.5) is 0 Å². The number of alkyl halides is 1.